The number of carboxylic acids is 1. The number of guanidine groups is 2. The van der Waals surface area contributed by atoms with Gasteiger partial charge in [-0.25, -0.2) is 9.78 Å². The van der Waals surface area contributed by atoms with Gasteiger partial charge in [0.1, 0.15) is 30.7 Å². The van der Waals surface area contributed by atoms with Gasteiger partial charge in [-0.05, 0) is 44.2 Å². The van der Waals surface area contributed by atoms with Crippen molar-refractivity contribution in [2.75, 3.05) is 13.1 Å². The number of hydrogen-bond acceptors (Lipinski definition) is 9. The first-order valence-corrected chi connectivity index (χ1v) is 18.5. The van der Waals surface area contributed by atoms with Gasteiger partial charge in [0.05, 0.1) is 12.4 Å². The van der Waals surface area contributed by atoms with Crippen molar-refractivity contribution in [3.8, 4) is 0 Å². The fraction of sp³-hybridized carbons (Fsp3) is 0.368. The summed E-state index contributed by atoms with van der Waals surface area (Å²) >= 11 is 0. The highest BCUT2D eigenvalue weighted by molar-refractivity contribution is 5.94. The van der Waals surface area contributed by atoms with E-state index in [0.29, 0.717) is 30.1 Å². The molecular weight excluding hydrogens is 735 g/mol. The molecule has 0 fully saturated rings. The summed E-state index contributed by atoms with van der Waals surface area (Å²) in [6.45, 7) is 2.98. The van der Waals surface area contributed by atoms with Gasteiger partial charge in [0.25, 0.3) is 5.52 Å². The first kappa shape index (κ1) is 42.8. The molecule has 19 nitrogen and oxygen atoms in total. The smallest absolute Gasteiger partial charge is 0.375 e. The van der Waals surface area contributed by atoms with Crippen LogP contribution in [0.2, 0.25) is 0 Å². The molecule has 4 atom stereocenters. The van der Waals surface area contributed by atoms with Crippen molar-refractivity contribution in [1.29, 1.82) is 0 Å². The van der Waals surface area contributed by atoms with Gasteiger partial charge in [0.15, 0.2) is 11.9 Å². The number of rotatable bonds is 23. The molecular formula is C38H52N13O6+. The summed E-state index contributed by atoms with van der Waals surface area (Å²) in [4.78, 5) is 68.6. The van der Waals surface area contributed by atoms with Crippen LogP contribution in [0.4, 0.5) is 0 Å². The number of carbonyl (C=O) groups is 4. The van der Waals surface area contributed by atoms with Gasteiger partial charge in [-0.1, -0.05) is 42.5 Å². The average molecular weight is 787 g/mol. The predicted octanol–water partition coefficient (Wildman–Crippen LogP) is -0.476. The van der Waals surface area contributed by atoms with Gasteiger partial charge >= 0.3 is 11.9 Å². The zero-order chi connectivity index (χ0) is 41.2. The molecule has 0 aliphatic rings. The van der Waals surface area contributed by atoms with Crippen molar-refractivity contribution in [3.63, 3.8) is 0 Å². The topological polar surface area (TPSA) is 311 Å². The molecule has 4 rings (SSSR count). The van der Waals surface area contributed by atoms with Crippen LogP contribution in [0.5, 0.6) is 0 Å². The molecule has 2 heterocycles. The Morgan fingerprint density at radius 3 is 2.05 bits per heavy atom. The molecule has 0 saturated carbocycles. The lowest BCUT2D eigenvalue weighted by atomic mass is 10.0. The second kappa shape index (κ2) is 21.8. The average Bonchev–Trinajstić information content (AvgIpc) is 3.83. The first-order chi connectivity index (χ1) is 27.4. The number of H-pyrrole nitrogens is 1. The Kier molecular flexibility index (Phi) is 16.4. The highest BCUT2D eigenvalue weighted by atomic mass is 16.4. The fourth-order valence-electron chi connectivity index (χ4n) is 5.99. The van der Waals surface area contributed by atoms with E-state index < -0.39 is 47.9 Å². The second-order valence-electron chi connectivity index (χ2n) is 13.1. The Hall–Kier alpha value is -6.92. The molecule has 57 heavy (non-hydrogen) atoms. The molecule has 0 radical (unpaired) electrons. The van der Waals surface area contributed by atoms with Crippen molar-refractivity contribution in [1.82, 2.24) is 31.2 Å². The summed E-state index contributed by atoms with van der Waals surface area (Å²) in [6, 6.07) is 12.5. The minimum absolute atomic E-state index is 0.0189. The molecule has 3 amide bonds. The minimum Gasteiger partial charge on any atom is -0.480 e. The molecule has 0 bridgehead atoms. The number of aromatic amines is 1. The van der Waals surface area contributed by atoms with Crippen LogP contribution in [0.15, 0.2) is 87.7 Å². The van der Waals surface area contributed by atoms with Crippen LogP contribution in [0, 0.1) is 0 Å². The standard InChI is InChI=1S/C38H51N13O6/c1-2-51-30-14-6-7-15-31(30)57-32(51)16-19-44-28(20-24-10-4-3-5-11-24)34(53)48-26(12-8-17-45-37(39)40)33(52)50-29(21-25-22-43-23-47-25)35(54)49-27(36(55)56)13-9-18-46-38(41)42/h3-7,10-11,14-16,19,22-23,26-29H,2,8-9,12-13,17-18,20-21H2,1H3,(H13,39,40,41,42,43,45,46,47,48,49,50,52,53,54,55,56)/p+1/t26-,27-,28-,29-/m0/s1. The van der Waals surface area contributed by atoms with Crippen LogP contribution in [0.1, 0.15) is 49.8 Å². The highest BCUT2D eigenvalue weighted by Gasteiger charge is 2.31. The number of oxazole rings is 1. The zero-order valence-electron chi connectivity index (χ0n) is 31.8. The van der Waals surface area contributed by atoms with Crippen LogP contribution in [0.25, 0.3) is 17.2 Å². The molecule has 0 spiro atoms. The quantitative estimate of drug-likeness (QED) is 0.0197. The van der Waals surface area contributed by atoms with Crippen molar-refractivity contribution in [2.24, 2.45) is 32.9 Å². The molecule has 4 aromatic rings. The second-order valence-corrected chi connectivity index (χ2v) is 13.1. The molecule has 2 aromatic carbocycles. The van der Waals surface area contributed by atoms with Crippen LogP contribution in [-0.4, -0.2) is 87.9 Å². The van der Waals surface area contributed by atoms with E-state index in [0.717, 1.165) is 11.1 Å². The van der Waals surface area contributed by atoms with E-state index in [9.17, 15) is 24.3 Å². The van der Waals surface area contributed by atoms with Crippen molar-refractivity contribution >= 4 is 52.8 Å². The van der Waals surface area contributed by atoms with Crippen LogP contribution >= 0.6 is 0 Å². The van der Waals surface area contributed by atoms with Gasteiger partial charge in [0, 0.05) is 50.1 Å². The normalized spacial score (nSPS) is 13.2. The van der Waals surface area contributed by atoms with E-state index in [1.165, 1.54) is 12.5 Å². The molecule has 304 valence electrons. The summed E-state index contributed by atoms with van der Waals surface area (Å²) in [5.74, 6) is -2.92. The fourth-order valence-corrected chi connectivity index (χ4v) is 5.99. The van der Waals surface area contributed by atoms with E-state index in [2.05, 4.69) is 41.2 Å². The number of nitrogens with zero attached hydrogens (tertiary/aromatic N) is 4. The third kappa shape index (κ3) is 13.7. The number of aryl methyl sites for hydroxylation is 1. The van der Waals surface area contributed by atoms with Crippen molar-refractivity contribution in [3.05, 3.63) is 90.5 Å². The van der Waals surface area contributed by atoms with Gasteiger partial charge in [-0.2, -0.15) is 4.57 Å². The number of amides is 3. The summed E-state index contributed by atoms with van der Waals surface area (Å²) < 4.78 is 8.05. The van der Waals surface area contributed by atoms with E-state index in [1.54, 1.807) is 12.3 Å². The molecule has 19 heteroatoms. The number of fused-ring (bicyclic) bond motifs is 1. The molecule has 0 aliphatic carbocycles. The van der Waals surface area contributed by atoms with Gasteiger partial charge in [-0.15, -0.1) is 0 Å². The van der Waals surface area contributed by atoms with E-state index in [1.807, 2.05) is 66.1 Å². The van der Waals surface area contributed by atoms with Crippen molar-refractivity contribution in [2.45, 2.75) is 76.2 Å². The van der Waals surface area contributed by atoms with Gasteiger partial charge < -0.3 is 58.7 Å². The number of carbonyl (C=O) groups excluding carboxylic acids is 3. The largest absolute Gasteiger partial charge is 0.480 e. The lowest BCUT2D eigenvalue weighted by Crippen LogP contribution is -2.58. The number of nitrogens with one attached hydrogen (secondary N) is 5. The Balaban J connectivity index is 1.56. The number of nitrogens with two attached hydrogens (primary N) is 4. The molecule has 14 N–H and O–H groups in total. The monoisotopic (exact) mass is 786 g/mol. The number of imidazole rings is 1. The number of hydrogen-bond donors (Lipinski definition) is 10. The van der Waals surface area contributed by atoms with E-state index >= 15 is 0 Å². The third-order valence-corrected chi connectivity index (χ3v) is 8.83. The van der Waals surface area contributed by atoms with Crippen molar-refractivity contribution < 1.29 is 33.3 Å². The number of aliphatic carboxylic acids is 1. The summed E-state index contributed by atoms with van der Waals surface area (Å²) in [5.41, 5.74) is 24.7. The zero-order valence-corrected chi connectivity index (χ0v) is 31.8. The van der Waals surface area contributed by atoms with Gasteiger partial charge in [0.2, 0.25) is 23.3 Å². The third-order valence-electron chi connectivity index (χ3n) is 8.83. The lowest BCUT2D eigenvalue weighted by Gasteiger charge is -2.26. The van der Waals surface area contributed by atoms with E-state index in [4.69, 9.17) is 27.4 Å². The molecule has 0 saturated heterocycles. The number of para-hydroxylation sites is 2. The number of aliphatic imine (C=N–C) groups is 2. The van der Waals surface area contributed by atoms with Crippen LogP contribution in [0.3, 0.4) is 0 Å². The van der Waals surface area contributed by atoms with Crippen LogP contribution < -0.4 is 48.8 Å². The molecule has 0 aliphatic heterocycles. The Morgan fingerprint density at radius 2 is 1.42 bits per heavy atom. The van der Waals surface area contributed by atoms with Gasteiger partial charge in [-0.3, -0.25) is 24.4 Å². The van der Waals surface area contributed by atoms with E-state index in [-0.39, 0.29) is 57.1 Å². The maximum atomic E-state index is 14.1. The summed E-state index contributed by atoms with van der Waals surface area (Å²) in [5, 5.41) is 21.1. The SMILES string of the molecule is CC[n+]1c(C=CN[C@@H](Cc2ccccc2)C(=O)N[C@@H](CCCN=C(N)N)C(=O)N[C@@H](Cc2cnc[nH]2)C(=O)N[C@@H](CCCN=C(N)N)C(=O)O)oc2ccccc21. The highest BCUT2D eigenvalue weighted by Crippen LogP contribution is 2.14. The minimum atomic E-state index is -1.30. The maximum absolute atomic E-state index is 14.1. The number of aromatic nitrogens is 3. The Morgan fingerprint density at radius 1 is 0.825 bits per heavy atom. The molecule has 0 unspecified atom stereocenters. The summed E-state index contributed by atoms with van der Waals surface area (Å²) in [6.07, 6.45) is 7.13. The Labute approximate surface area is 329 Å². The first-order valence-electron chi connectivity index (χ1n) is 18.5. The maximum Gasteiger partial charge on any atom is 0.375 e. The number of carboxylic acid groups (broad SMARTS) is 1. The lowest BCUT2D eigenvalue weighted by molar-refractivity contribution is -0.674. The summed E-state index contributed by atoms with van der Waals surface area (Å²) in [7, 11) is 0. The Bertz CT molecular complexity index is 2010. The van der Waals surface area contributed by atoms with Crippen LogP contribution in [-0.2, 0) is 38.6 Å². The number of benzene rings is 2. The molecule has 2 aromatic heterocycles. The predicted molar refractivity (Wildman–Crippen MR) is 214 cm³/mol.